The molecule has 2 aliphatic heterocycles. The van der Waals surface area contributed by atoms with Gasteiger partial charge in [-0.2, -0.15) is 0 Å². The molecule has 0 saturated carbocycles. The van der Waals surface area contributed by atoms with Gasteiger partial charge in [0.1, 0.15) is 12.5 Å². The highest BCUT2D eigenvalue weighted by molar-refractivity contribution is 5.94. The van der Waals surface area contributed by atoms with E-state index in [2.05, 4.69) is 5.32 Å². The summed E-state index contributed by atoms with van der Waals surface area (Å²) in [5.74, 6) is -3.77. The predicted octanol–water partition coefficient (Wildman–Crippen LogP) is 0.590. The van der Waals surface area contributed by atoms with Gasteiger partial charge >= 0.3 is 11.9 Å². The molecule has 2 N–H and O–H groups in total. The van der Waals surface area contributed by atoms with Crippen molar-refractivity contribution in [3.05, 3.63) is 51.2 Å². The molecule has 1 saturated heterocycles. The minimum atomic E-state index is -1.76. The third-order valence-corrected chi connectivity index (χ3v) is 4.53. The van der Waals surface area contributed by atoms with Gasteiger partial charge in [0, 0.05) is 23.2 Å². The lowest BCUT2D eigenvalue weighted by Gasteiger charge is -2.39. The summed E-state index contributed by atoms with van der Waals surface area (Å²) >= 11 is 0. The number of cyclic esters (lactones) is 1. The highest BCUT2D eigenvalue weighted by atomic mass is 16.6. The van der Waals surface area contributed by atoms with Crippen LogP contribution in [-0.4, -0.2) is 41.4 Å². The fourth-order valence-electron chi connectivity index (χ4n) is 3.52. The number of benzene rings is 1. The Morgan fingerprint density at radius 2 is 2.16 bits per heavy atom. The molecule has 2 aliphatic rings. The maximum absolute atomic E-state index is 12.3. The molecule has 0 aliphatic carbocycles. The van der Waals surface area contributed by atoms with Gasteiger partial charge in [0.2, 0.25) is 0 Å². The fourth-order valence-corrected chi connectivity index (χ4v) is 3.52. The van der Waals surface area contributed by atoms with Crippen molar-refractivity contribution in [2.75, 3.05) is 13.7 Å². The van der Waals surface area contributed by atoms with Crippen molar-refractivity contribution in [2.24, 2.45) is 5.92 Å². The molecule has 1 aromatic carbocycles. The second kappa shape index (κ2) is 5.85. The number of hydrogen-bond donors (Lipinski definition) is 2. The number of para-hydroxylation sites is 1. The lowest BCUT2D eigenvalue weighted by molar-refractivity contribution is -0.385. The summed E-state index contributed by atoms with van der Waals surface area (Å²) in [6, 6.07) is 5.78. The van der Waals surface area contributed by atoms with Crippen molar-refractivity contribution in [2.45, 2.75) is 18.6 Å². The van der Waals surface area contributed by atoms with Gasteiger partial charge in [0.25, 0.3) is 5.69 Å². The minimum absolute atomic E-state index is 0.0466. The Balaban J connectivity index is 2.28. The van der Waals surface area contributed by atoms with E-state index in [0.29, 0.717) is 0 Å². The van der Waals surface area contributed by atoms with E-state index in [1.54, 1.807) is 6.07 Å². The summed E-state index contributed by atoms with van der Waals surface area (Å²) in [6.07, 6.45) is 0. The molecule has 9 heteroatoms. The number of fused-ring (bicyclic) bond motifs is 1. The molecule has 0 aromatic heterocycles. The molecular weight excluding hydrogens is 332 g/mol. The molecule has 25 heavy (non-hydrogen) atoms. The number of methoxy groups -OCH3 is 1. The lowest BCUT2D eigenvalue weighted by atomic mass is 9.72. The van der Waals surface area contributed by atoms with Gasteiger partial charge in [-0.1, -0.05) is 18.2 Å². The zero-order chi connectivity index (χ0) is 18.4. The highest BCUT2D eigenvalue weighted by Crippen LogP contribution is 2.48. The predicted molar refractivity (Wildman–Crippen MR) is 83.1 cm³/mol. The maximum atomic E-state index is 12.3. The Bertz CT molecular complexity index is 803. The summed E-state index contributed by atoms with van der Waals surface area (Å²) in [5.41, 5.74) is -1.56. The van der Waals surface area contributed by atoms with Crippen molar-refractivity contribution >= 4 is 17.6 Å². The molecule has 0 unspecified atom stereocenters. The number of nitro benzene ring substituents is 1. The standard InChI is InChI=1S/C16H16N2O7/c1-8-11(14(19)24-2)12(9-5-3-4-6-10(9)18(22)23)13-15(20)25-7-16(13,21)17-8/h3-6,12-13,17,21H,7H2,1-2H3/t12-,13-,16-/m1/s1. The van der Waals surface area contributed by atoms with Crippen LogP contribution in [-0.2, 0) is 19.1 Å². The smallest absolute Gasteiger partial charge is 0.336 e. The van der Waals surface area contributed by atoms with Crippen LogP contribution in [0, 0.1) is 16.0 Å². The Kier molecular flexibility index (Phi) is 3.96. The van der Waals surface area contributed by atoms with E-state index in [-0.39, 0.29) is 29.1 Å². The van der Waals surface area contributed by atoms with Crippen LogP contribution < -0.4 is 5.32 Å². The van der Waals surface area contributed by atoms with Crippen molar-refractivity contribution in [1.29, 1.82) is 0 Å². The second-order valence-corrected chi connectivity index (χ2v) is 5.96. The summed E-state index contributed by atoms with van der Waals surface area (Å²) in [4.78, 5) is 35.4. The SMILES string of the molecule is COC(=O)C1=C(C)N[C@@]2(O)COC(=O)[C@H]2[C@@H]1c1ccccc1[N+](=O)[O-]. The van der Waals surface area contributed by atoms with Crippen molar-refractivity contribution in [3.63, 3.8) is 0 Å². The molecule has 3 rings (SSSR count). The minimum Gasteiger partial charge on any atom is -0.466 e. The summed E-state index contributed by atoms with van der Waals surface area (Å²) in [7, 11) is 1.17. The zero-order valence-electron chi connectivity index (χ0n) is 13.5. The van der Waals surface area contributed by atoms with Crippen LogP contribution in [0.2, 0.25) is 0 Å². The number of ether oxygens (including phenoxy) is 2. The molecule has 9 nitrogen and oxygen atoms in total. The van der Waals surface area contributed by atoms with Crippen molar-refractivity contribution in [1.82, 2.24) is 5.32 Å². The van der Waals surface area contributed by atoms with E-state index in [1.807, 2.05) is 0 Å². The molecule has 0 radical (unpaired) electrons. The number of nitrogens with zero attached hydrogens (tertiary/aromatic N) is 1. The molecular formula is C16H16N2O7. The van der Waals surface area contributed by atoms with Crippen LogP contribution in [0.1, 0.15) is 18.4 Å². The van der Waals surface area contributed by atoms with E-state index < -0.39 is 34.4 Å². The number of esters is 2. The van der Waals surface area contributed by atoms with E-state index in [9.17, 15) is 24.8 Å². The Morgan fingerprint density at radius 1 is 1.48 bits per heavy atom. The first-order valence-corrected chi connectivity index (χ1v) is 7.49. The van der Waals surface area contributed by atoms with Crippen molar-refractivity contribution < 1.29 is 29.1 Å². The number of nitrogens with one attached hydrogen (secondary N) is 1. The van der Waals surface area contributed by atoms with Crippen LogP contribution in [0.25, 0.3) is 0 Å². The van der Waals surface area contributed by atoms with Gasteiger partial charge in [-0.05, 0) is 6.92 Å². The number of carbonyl (C=O) groups is 2. The zero-order valence-corrected chi connectivity index (χ0v) is 13.5. The van der Waals surface area contributed by atoms with Gasteiger partial charge in [-0.15, -0.1) is 0 Å². The number of allylic oxidation sites excluding steroid dienone is 1. The van der Waals surface area contributed by atoms with E-state index in [1.165, 1.54) is 32.2 Å². The van der Waals surface area contributed by atoms with Crippen LogP contribution in [0.4, 0.5) is 5.69 Å². The third kappa shape index (κ3) is 2.52. The molecule has 0 spiro atoms. The lowest BCUT2D eigenvalue weighted by Crippen LogP contribution is -2.57. The van der Waals surface area contributed by atoms with Gasteiger partial charge < -0.3 is 19.9 Å². The molecule has 0 amide bonds. The normalized spacial score (nSPS) is 28.0. The third-order valence-electron chi connectivity index (χ3n) is 4.53. The second-order valence-electron chi connectivity index (χ2n) is 5.96. The number of hydrogen-bond acceptors (Lipinski definition) is 8. The number of nitro groups is 1. The van der Waals surface area contributed by atoms with E-state index >= 15 is 0 Å². The largest absolute Gasteiger partial charge is 0.466 e. The maximum Gasteiger partial charge on any atom is 0.336 e. The quantitative estimate of drug-likeness (QED) is 0.461. The Morgan fingerprint density at radius 3 is 2.80 bits per heavy atom. The van der Waals surface area contributed by atoms with Crippen LogP contribution in [0.5, 0.6) is 0 Å². The Hall–Kier alpha value is -2.94. The van der Waals surface area contributed by atoms with Crippen LogP contribution >= 0.6 is 0 Å². The average molecular weight is 348 g/mol. The number of carbonyl (C=O) groups excluding carboxylic acids is 2. The molecule has 1 fully saturated rings. The average Bonchev–Trinajstić information content (AvgIpc) is 2.87. The molecule has 132 valence electrons. The van der Waals surface area contributed by atoms with Crippen molar-refractivity contribution in [3.8, 4) is 0 Å². The molecule has 1 aromatic rings. The summed E-state index contributed by atoms with van der Waals surface area (Å²) < 4.78 is 9.75. The number of aliphatic hydroxyl groups is 1. The summed E-state index contributed by atoms with van der Waals surface area (Å²) in [5, 5.41) is 24.9. The van der Waals surface area contributed by atoms with E-state index in [4.69, 9.17) is 9.47 Å². The topological polar surface area (TPSA) is 128 Å². The first-order chi connectivity index (χ1) is 11.8. The van der Waals surface area contributed by atoms with Gasteiger partial charge in [0.05, 0.1) is 17.6 Å². The number of rotatable bonds is 3. The van der Waals surface area contributed by atoms with Crippen LogP contribution in [0.15, 0.2) is 35.5 Å². The molecule has 2 heterocycles. The first-order valence-electron chi connectivity index (χ1n) is 7.49. The van der Waals surface area contributed by atoms with Crippen LogP contribution in [0.3, 0.4) is 0 Å². The molecule has 3 atom stereocenters. The highest BCUT2D eigenvalue weighted by Gasteiger charge is 2.59. The van der Waals surface area contributed by atoms with E-state index in [0.717, 1.165) is 0 Å². The summed E-state index contributed by atoms with van der Waals surface area (Å²) in [6.45, 7) is 1.21. The first kappa shape index (κ1) is 16.9. The monoisotopic (exact) mass is 348 g/mol. The van der Waals surface area contributed by atoms with Gasteiger partial charge in [-0.25, -0.2) is 4.79 Å². The van der Waals surface area contributed by atoms with Gasteiger partial charge in [-0.3, -0.25) is 14.9 Å². The fraction of sp³-hybridized carbons (Fsp3) is 0.375. The van der Waals surface area contributed by atoms with Gasteiger partial charge in [0.15, 0.2) is 5.72 Å². The Labute approximate surface area is 142 Å². The molecule has 0 bridgehead atoms.